The molecule has 7 nitrogen and oxygen atoms in total. The molecule has 3 rings (SSSR count). The summed E-state index contributed by atoms with van der Waals surface area (Å²) in [7, 11) is 0. The second-order valence-corrected chi connectivity index (χ2v) is 9.18. The third-order valence-corrected chi connectivity index (χ3v) is 6.43. The fourth-order valence-electron chi connectivity index (χ4n) is 3.56. The fraction of sp³-hybridized carbons (Fsp3) is 0.280. The van der Waals surface area contributed by atoms with E-state index in [-0.39, 0.29) is 24.1 Å². The van der Waals surface area contributed by atoms with Crippen LogP contribution in [0.2, 0.25) is 5.02 Å². The number of aryl methyl sites for hydroxylation is 3. The predicted octanol–water partition coefficient (Wildman–Crippen LogP) is 4.94. The lowest BCUT2D eigenvalue weighted by Gasteiger charge is -2.13. The Labute approximate surface area is 209 Å². The van der Waals surface area contributed by atoms with Crippen LogP contribution in [0.25, 0.3) is 6.08 Å². The summed E-state index contributed by atoms with van der Waals surface area (Å²) >= 11 is 7.42. The van der Waals surface area contributed by atoms with E-state index in [0.29, 0.717) is 22.5 Å². The first-order valence-corrected chi connectivity index (χ1v) is 12.3. The highest BCUT2D eigenvalue weighted by Gasteiger charge is 2.15. The zero-order chi connectivity index (χ0) is 24.7. The first-order valence-electron chi connectivity index (χ1n) is 10.9. The lowest BCUT2D eigenvalue weighted by Crippen LogP contribution is -2.22. The minimum atomic E-state index is -0.261. The van der Waals surface area contributed by atoms with Gasteiger partial charge in [-0.25, -0.2) is 0 Å². The summed E-state index contributed by atoms with van der Waals surface area (Å²) in [5, 5.41) is 15.4. The molecule has 0 atom stereocenters. The van der Waals surface area contributed by atoms with Gasteiger partial charge in [-0.3, -0.25) is 9.59 Å². The van der Waals surface area contributed by atoms with Crippen molar-refractivity contribution < 1.29 is 9.59 Å². The minimum Gasteiger partial charge on any atom is -0.345 e. The molecule has 1 heterocycles. The molecule has 0 aliphatic carbocycles. The molecule has 34 heavy (non-hydrogen) atoms. The van der Waals surface area contributed by atoms with E-state index >= 15 is 0 Å². The molecule has 2 amide bonds. The van der Waals surface area contributed by atoms with Gasteiger partial charge in [0.25, 0.3) is 0 Å². The topological polar surface area (TPSA) is 88.9 Å². The summed E-state index contributed by atoms with van der Waals surface area (Å²) in [5.74, 6) is 0.459. The highest BCUT2D eigenvalue weighted by atomic mass is 35.5. The monoisotopic (exact) mass is 497 g/mol. The van der Waals surface area contributed by atoms with Gasteiger partial charge in [-0.1, -0.05) is 59.3 Å². The Hall–Kier alpha value is -3.10. The number of aromatic nitrogens is 3. The quantitative estimate of drug-likeness (QED) is 0.323. The Morgan fingerprint density at radius 2 is 1.82 bits per heavy atom. The van der Waals surface area contributed by atoms with Crippen LogP contribution in [0, 0.1) is 20.8 Å². The molecule has 0 unspecified atom stereocenters. The largest absolute Gasteiger partial charge is 0.345 e. The first-order chi connectivity index (χ1) is 16.3. The summed E-state index contributed by atoms with van der Waals surface area (Å²) in [4.78, 5) is 24.8. The molecule has 0 radical (unpaired) electrons. The van der Waals surface area contributed by atoms with Gasteiger partial charge in [-0.15, -0.1) is 10.2 Å². The maximum atomic E-state index is 12.5. The van der Waals surface area contributed by atoms with Crippen LogP contribution in [0.4, 0.5) is 5.69 Å². The van der Waals surface area contributed by atoms with Crippen LogP contribution in [0.3, 0.4) is 0 Å². The number of benzene rings is 2. The van der Waals surface area contributed by atoms with Gasteiger partial charge in [0.2, 0.25) is 11.8 Å². The molecule has 0 aliphatic rings. The van der Waals surface area contributed by atoms with E-state index < -0.39 is 0 Å². The summed E-state index contributed by atoms with van der Waals surface area (Å²) in [5.41, 5.74) is 4.85. The van der Waals surface area contributed by atoms with Crippen molar-refractivity contribution >= 4 is 46.9 Å². The molecule has 9 heteroatoms. The second-order valence-electron chi connectivity index (χ2n) is 7.83. The summed E-state index contributed by atoms with van der Waals surface area (Å²) < 4.78 is 1.89. The van der Waals surface area contributed by atoms with Crippen molar-refractivity contribution in [3.05, 3.63) is 75.6 Å². The number of rotatable bonds is 9. The van der Waals surface area contributed by atoms with Gasteiger partial charge in [0.1, 0.15) is 0 Å². The lowest BCUT2D eigenvalue weighted by molar-refractivity contribution is -0.116. The summed E-state index contributed by atoms with van der Waals surface area (Å²) in [6, 6.07) is 11.4. The van der Waals surface area contributed by atoms with Crippen LogP contribution < -0.4 is 10.6 Å². The van der Waals surface area contributed by atoms with Crippen molar-refractivity contribution in [3.63, 3.8) is 0 Å². The Morgan fingerprint density at radius 3 is 2.50 bits per heavy atom. The van der Waals surface area contributed by atoms with Crippen molar-refractivity contribution in [2.24, 2.45) is 0 Å². The number of hydrogen-bond acceptors (Lipinski definition) is 5. The molecule has 3 aromatic rings. The van der Waals surface area contributed by atoms with Crippen LogP contribution in [0.1, 0.15) is 35.0 Å². The van der Waals surface area contributed by atoms with Crippen LogP contribution in [-0.4, -0.2) is 32.3 Å². The molecule has 1 aromatic heterocycles. The van der Waals surface area contributed by atoms with Crippen LogP contribution in [-0.2, 0) is 22.7 Å². The molecule has 178 valence electrons. The van der Waals surface area contributed by atoms with Gasteiger partial charge >= 0.3 is 0 Å². The molecule has 0 saturated carbocycles. The van der Waals surface area contributed by atoms with E-state index in [9.17, 15) is 9.59 Å². The van der Waals surface area contributed by atoms with E-state index in [1.54, 1.807) is 12.1 Å². The standard InChI is InChI=1S/C25H28ClN5O2S/c1-5-31-21(14-27-22(32)11-10-19-8-6-7-9-20(19)26)29-30-25(31)34-15-23(33)28-24-17(3)12-16(2)13-18(24)4/h6-13H,5,14-15H2,1-4H3,(H,27,32)(H,28,33)/b11-10+. The van der Waals surface area contributed by atoms with Gasteiger partial charge in [-0.2, -0.15) is 0 Å². The van der Waals surface area contributed by atoms with Gasteiger partial charge in [0.15, 0.2) is 11.0 Å². The van der Waals surface area contributed by atoms with E-state index in [4.69, 9.17) is 11.6 Å². The Balaban J connectivity index is 1.56. The van der Waals surface area contributed by atoms with Gasteiger partial charge in [-0.05, 0) is 56.5 Å². The minimum absolute atomic E-state index is 0.106. The molecule has 0 saturated heterocycles. The van der Waals surface area contributed by atoms with Crippen LogP contribution in [0.5, 0.6) is 0 Å². The first kappa shape index (κ1) is 25.5. The average Bonchev–Trinajstić information content (AvgIpc) is 3.20. The van der Waals surface area contributed by atoms with Crippen molar-refractivity contribution in [1.29, 1.82) is 0 Å². The Kier molecular flexibility index (Phi) is 8.90. The summed E-state index contributed by atoms with van der Waals surface area (Å²) in [6.07, 6.45) is 3.10. The fourth-order valence-corrected chi connectivity index (χ4v) is 4.58. The van der Waals surface area contributed by atoms with E-state index in [1.165, 1.54) is 17.8 Å². The Bertz CT molecular complexity index is 1200. The SMILES string of the molecule is CCn1c(CNC(=O)/C=C/c2ccccc2Cl)nnc1SCC(=O)Nc1c(C)cc(C)cc1C. The van der Waals surface area contributed by atoms with Crippen LogP contribution >= 0.6 is 23.4 Å². The van der Waals surface area contributed by atoms with Crippen LogP contribution in [0.15, 0.2) is 47.6 Å². The predicted molar refractivity (Wildman–Crippen MR) is 138 cm³/mol. The zero-order valence-electron chi connectivity index (χ0n) is 19.7. The van der Waals surface area contributed by atoms with E-state index in [0.717, 1.165) is 27.9 Å². The van der Waals surface area contributed by atoms with Crippen molar-refractivity contribution in [2.75, 3.05) is 11.1 Å². The maximum absolute atomic E-state index is 12.5. The molecule has 0 aliphatic heterocycles. The molecular formula is C25H28ClN5O2S. The number of nitrogens with one attached hydrogen (secondary N) is 2. The van der Waals surface area contributed by atoms with Crippen molar-refractivity contribution in [2.45, 2.75) is 45.9 Å². The number of halogens is 1. The lowest BCUT2D eigenvalue weighted by atomic mass is 10.1. The highest BCUT2D eigenvalue weighted by molar-refractivity contribution is 7.99. The molecule has 0 fully saturated rings. The molecule has 0 spiro atoms. The van der Waals surface area contributed by atoms with E-state index in [1.807, 2.05) is 62.6 Å². The Morgan fingerprint density at radius 1 is 1.12 bits per heavy atom. The van der Waals surface area contributed by atoms with Gasteiger partial charge in [0, 0.05) is 23.3 Å². The van der Waals surface area contributed by atoms with Crippen molar-refractivity contribution in [3.8, 4) is 0 Å². The average molecular weight is 498 g/mol. The third kappa shape index (κ3) is 6.71. The maximum Gasteiger partial charge on any atom is 0.244 e. The molecule has 2 N–H and O–H groups in total. The van der Waals surface area contributed by atoms with E-state index in [2.05, 4.69) is 20.8 Å². The number of carbonyl (C=O) groups excluding carboxylic acids is 2. The number of thioether (sulfide) groups is 1. The number of carbonyl (C=O) groups is 2. The molecular weight excluding hydrogens is 470 g/mol. The number of anilines is 1. The highest BCUT2D eigenvalue weighted by Crippen LogP contribution is 2.23. The normalized spacial score (nSPS) is 11.1. The number of hydrogen-bond donors (Lipinski definition) is 2. The van der Waals surface area contributed by atoms with Gasteiger partial charge in [0.05, 0.1) is 12.3 Å². The molecule has 2 aromatic carbocycles. The van der Waals surface area contributed by atoms with Gasteiger partial charge < -0.3 is 15.2 Å². The third-order valence-electron chi connectivity index (χ3n) is 5.12. The smallest absolute Gasteiger partial charge is 0.244 e. The second kappa shape index (κ2) is 11.9. The number of amides is 2. The molecule has 0 bridgehead atoms. The zero-order valence-corrected chi connectivity index (χ0v) is 21.3. The number of nitrogens with zero attached hydrogens (tertiary/aromatic N) is 3. The van der Waals surface area contributed by atoms with Crippen molar-refractivity contribution in [1.82, 2.24) is 20.1 Å². The summed E-state index contributed by atoms with van der Waals surface area (Å²) in [6.45, 7) is 8.82.